The van der Waals surface area contributed by atoms with Gasteiger partial charge in [-0.1, -0.05) is 19.1 Å². The Hall–Kier alpha value is -2.36. The molecule has 2 aliphatic carbocycles. The van der Waals surface area contributed by atoms with Crippen molar-refractivity contribution in [2.24, 2.45) is 5.92 Å². The first-order valence-corrected chi connectivity index (χ1v) is 12.6. The number of aliphatic hydroxyl groups is 1. The molecule has 0 radical (unpaired) electrons. The first-order chi connectivity index (χ1) is 15.3. The monoisotopic (exact) mass is 460 g/mol. The molecule has 172 valence electrons. The van der Waals surface area contributed by atoms with Crippen LogP contribution in [0.5, 0.6) is 0 Å². The van der Waals surface area contributed by atoms with Crippen LogP contribution < -0.4 is 10.0 Å². The molecule has 3 N–H and O–H groups in total. The van der Waals surface area contributed by atoms with Crippen LogP contribution in [-0.2, 0) is 33.2 Å². The summed E-state index contributed by atoms with van der Waals surface area (Å²) >= 11 is 0. The van der Waals surface area contributed by atoms with Crippen LogP contribution in [0.3, 0.4) is 0 Å². The lowest BCUT2D eigenvalue weighted by molar-refractivity contribution is 0.0227. The molecule has 1 aliphatic heterocycles. The van der Waals surface area contributed by atoms with E-state index in [1.807, 2.05) is 0 Å². The lowest BCUT2D eigenvalue weighted by Gasteiger charge is -2.20. The fraction of sp³-hybridized carbons (Fsp3) is 0.522. The fourth-order valence-corrected chi connectivity index (χ4v) is 5.71. The molecule has 2 heterocycles. The summed E-state index contributed by atoms with van der Waals surface area (Å²) in [5.74, 6) is 0.906. The van der Waals surface area contributed by atoms with Gasteiger partial charge in [0.25, 0.3) is 10.0 Å². The highest BCUT2D eigenvalue weighted by atomic mass is 32.2. The van der Waals surface area contributed by atoms with Crippen molar-refractivity contribution in [3.05, 3.63) is 46.7 Å². The number of ether oxygens (including phenoxy) is 1. The van der Waals surface area contributed by atoms with Crippen molar-refractivity contribution >= 4 is 21.7 Å². The van der Waals surface area contributed by atoms with E-state index in [4.69, 9.17) is 9.15 Å². The van der Waals surface area contributed by atoms with E-state index in [1.165, 1.54) is 30.7 Å². The minimum atomic E-state index is -4.25. The Morgan fingerprint density at radius 2 is 2.09 bits per heavy atom. The number of fused-ring (bicyclic) bond motifs is 1. The summed E-state index contributed by atoms with van der Waals surface area (Å²) < 4.78 is 38.0. The molecule has 1 aromatic carbocycles. The minimum Gasteiger partial charge on any atom is -0.451 e. The van der Waals surface area contributed by atoms with Gasteiger partial charge < -0.3 is 19.6 Å². The Balaban J connectivity index is 1.36. The zero-order chi connectivity index (χ0) is 22.5. The van der Waals surface area contributed by atoms with Crippen molar-refractivity contribution in [3.63, 3.8) is 0 Å². The molecule has 0 bridgehead atoms. The molecule has 2 fully saturated rings. The summed E-state index contributed by atoms with van der Waals surface area (Å²) in [6, 6.07) is 4.62. The van der Waals surface area contributed by atoms with Crippen molar-refractivity contribution in [2.75, 3.05) is 18.5 Å². The average molecular weight is 461 g/mol. The van der Waals surface area contributed by atoms with E-state index in [9.17, 15) is 18.3 Å². The Bertz CT molecular complexity index is 1150. The fourth-order valence-electron chi connectivity index (χ4n) is 4.86. The number of amides is 2. The molecule has 2 amide bonds. The van der Waals surface area contributed by atoms with Crippen LogP contribution in [-0.4, -0.2) is 32.8 Å². The minimum absolute atomic E-state index is 0.0704. The van der Waals surface area contributed by atoms with E-state index < -0.39 is 26.7 Å². The Labute approximate surface area is 187 Å². The summed E-state index contributed by atoms with van der Waals surface area (Å²) in [7, 11) is -4.25. The largest absolute Gasteiger partial charge is 0.451 e. The van der Waals surface area contributed by atoms with Gasteiger partial charge in [0, 0.05) is 30.3 Å². The standard InChI is InChI=1S/C23H28N2O6S/c1-14(15-5-6-15)18-8-7-16-3-2-4-19(16)21(18)24-22(26)25-32(28,29)20-11-17(12-31-20)23(27)9-10-30-13-23/h7-8,11-12,14-15,27H,2-6,9-10,13H2,1H3,(H2,24,25,26)/t14-,23?/m0/s1. The van der Waals surface area contributed by atoms with Gasteiger partial charge in [0.1, 0.15) is 5.60 Å². The topological polar surface area (TPSA) is 118 Å². The number of benzene rings is 1. The summed E-state index contributed by atoms with van der Waals surface area (Å²) in [4.78, 5) is 12.8. The van der Waals surface area contributed by atoms with Gasteiger partial charge in [-0.05, 0) is 60.6 Å². The molecule has 1 saturated carbocycles. The number of nitrogens with one attached hydrogen (secondary N) is 2. The van der Waals surface area contributed by atoms with Crippen LogP contribution in [0.15, 0.2) is 34.0 Å². The van der Waals surface area contributed by atoms with E-state index in [0.29, 0.717) is 30.4 Å². The number of hydrogen-bond donors (Lipinski definition) is 3. The second kappa shape index (κ2) is 7.90. The number of carbonyl (C=O) groups is 1. The summed E-state index contributed by atoms with van der Waals surface area (Å²) in [6.45, 7) is 2.62. The normalized spacial score (nSPS) is 23.7. The van der Waals surface area contributed by atoms with Crippen LogP contribution >= 0.6 is 0 Å². The molecular formula is C23H28N2O6S. The number of carbonyl (C=O) groups excluding carboxylic acids is 1. The van der Waals surface area contributed by atoms with Crippen molar-refractivity contribution in [3.8, 4) is 0 Å². The number of hydrogen-bond acceptors (Lipinski definition) is 6. The van der Waals surface area contributed by atoms with E-state index >= 15 is 0 Å². The van der Waals surface area contributed by atoms with Crippen molar-refractivity contribution in [2.45, 2.75) is 62.1 Å². The predicted octanol–water partition coefficient (Wildman–Crippen LogP) is 3.40. The summed E-state index contributed by atoms with van der Waals surface area (Å²) in [5.41, 5.74) is 3.15. The van der Waals surface area contributed by atoms with Gasteiger partial charge in [-0.25, -0.2) is 9.52 Å². The molecule has 1 aromatic heterocycles. The van der Waals surface area contributed by atoms with Crippen molar-refractivity contribution in [1.82, 2.24) is 4.72 Å². The van der Waals surface area contributed by atoms with Crippen LogP contribution in [0.1, 0.15) is 60.8 Å². The maximum atomic E-state index is 12.8. The van der Waals surface area contributed by atoms with Crippen LogP contribution in [0.25, 0.3) is 0 Å². The Kier molecular flexibility index (Phi) is 5.30. The van der Waals surface area contributed by atoms with Crippen LogP contribution in [0, 0.1) is 5.92 Å². The molecule has 9 heteroatoms. The van der Waals surface area contributed by atoms with Crippen molar-refractivity contribution in [1.29, 1.82) is 0 Å². The predicted molar refractivity (Wildman–Crippen MR) is 117 cm³/mol. The molecule has 0 spiro atoms. The van der Waals surface area contributed by atoms with Gasteiger partial charge in [-0.3, -0.25) is 0 Å². The lowest BCUT2D eigenvalue weighted by Crippen LogP contribution is -2.35. The number of urea groups is 1. The highest BCUT2D eigenvalue weighted by Crippen LogP contribution is 2.46. The van der Waals surface area contributed by atoms with Crippen LogP contribution in [0.2, 0.25) is 0 Å². The molecule has 32 heavy (non-hydrogen) atoms. The molecule has 2 aromatic rings. The number of furan rings is 1. The average Bonchev–Trinajstić information content (AvgIpc) is 3.13. The van der Waals surface area contributed by atoms with E-state index in [0.717, 1.165) is 36.1 Å². The maximum Gasteiger partial charge on any atom is 0.333 e. The summed E-state index contributed by atoms with van der Waals surface area (Å²) in [5, 5.41) is 13.0. The smallest absolute Gasteiger partial charge is 0.333 e. The van der Waals surface area contributed by atoms with Crippen LogP contribution in [0.4, 0.5) is 10.5 Å². The number of anilines is 1. The Morgan fingerprint density at radius 3 is 2.81 bits per heavy atom. The number of sulfonamides is 1. The maximum absolute atomic E-state index is 12.8. The number of rotatable bonds is 6. The third-order valence-corrected chi connectivity index (χ3v) is 8.18. The van der Waals surface area contributed by atoms with Gasteiger partial charge >= 0.3 is 6.03 Å². The molecule has 8 nitrogen and oxygen atoms in total. The van der Waals surface area contributed by atoms with E-state index in [-0.39, 0.29) is 6.61 Å². The third kappa shape index (κ3) is 3.93. The van der Waals surface area contributed by atoms with Crippen molar-refractivity contribution < 1.29 is 27.5 Å². The Morgan fingerprint density at radius 1 is 1.28 bits per heavy atom. The second-order valence-corrected chi connectivity index (χ2v) is 10.8. The SMILES string of the molecule is C[C@H](c1ccc2c(c1NC(=O)NS(=O)(=O)c1cc(C3(O)CCOC3)co1)CCC2)C1CC1. The number of aryl methyl sites for hydroxylation is 1. The third-order valence-electron chi connectivity index (χ3n) is 6.98. The molecule has 2 atom stereocenters. The molecular weight excluding hydrogens is 432 g/mol. The second-order valence-electron chi connectivity index (χ2n) is 9.20. The van der Waals surface area contributed by atoms with Gasteiger partial charge in [-0.15, -0.1) is 0 Å². The first kappa shape index (κ1) is 21.5. The van der Waals surface area contributed by atoms with Gasteiger partial charge in [-0.2, -0.15) is 8.42 Å². The van der Waals surface area contributed by atoms with Gasteiger partial charge in [0.15, 0.2) is 0 Å². The van der Waals surface area contributed by atoms with E-state index in [1.54, 1.807) is 0 Å². The highest BCUT2D eigenvalue weighted by molar-refractivity contribution is 7.89. The molecule has 1 unspecified atom stereocenters. The molecule has 1 saturated heterocycles. The van der Waals surface area contributed by atoms with Gasteiger partial charge in [0.2, 0.25) is 5.09 Å². The molecule has 3 aliphatic rings. The zero-order valence-electron chi connectivity index (χ0n) is 18.0. The zero-order valence-corrected chi connectivity index (χ0v) is 18.8. The lowest BCUT2D eigenvalue weighted by atomic mass is 9.91. The van der Waals surface area contributed by atoms with Gasteiger partial charge in [0.05, 0.1) is 12.9 Å². The highest BCUT2D eigenvalue weighted by Gasteiger charge is 2.37. The van der Waals surface area contributed by atoms with E-state index in [2.05, 4.69) is 29.1 Å². The first-order valence-electron chi connectivity index (χ1n) is 11.1. The molecule has 5 rings (SSSR count). The quantitative estimate of drug-likeness (QED) is 0.608. The summed E-state index contributed by atoms with van der Waals surface area (Å²) in [6.07, 6.45) is 6.75.